The number of methoxy groups -OCH3 is 1. The van der Waals surface area contributed by atoms with E-state index in [0.29, 0.717) is 0 Å². The molecule has 4 aromatic rings. The highest BCUT2D eigenvalue weighted by atomic mass is 16.7. The summed E-state index contributed by atoms with van der Waals surface area (Å²) in [5.41, 5.74) is 2.44. The zero-order valence-corrected chi connectivity index (χ0v) is 24.3. The first-order chi connectivity index (χ1) is 20.9. The van der Waals surface area contributed by atoms with Crippen LogP contribution in [-0.4, -0.2) is 44.2 Å². The number of carbonyl (C=O) groups excluding carboxylic acids is 3. The minimum Gasteiger partial charge on any atom is -0.488 e. The highest BCUT2D eigenvalue weighted by Gasteiger charge is 2.32. The predicted molar refractivity (Wildman–Crippen MR) is 158 cm³/mol. The summed E-state index contributed by atoms with van der Waals surface area (Å²) < 4.78 is 23.2. The molecule has 0 bridgehead atoms. The van der Waals surface area contributed by atoms with E-state index in [1.165, 1.54) is 27.3 Å². The van der Waals surface area contributed by atoms with Crippen LogP contribution in [0.25, 0.3) is 0 Å². The molecule has 0 saturated carbocycles. The molecule has 0 fully saturated rings. The molecule has 0 aliphatic rings. The van der Waals surface area contributed by atoms with Crippen LogP contribution in [0.2, 0.25) is 0 Å². The quantitative estimate of drug-likeness (QED) is 0.149. The first-order valence-electron chi connectivity index (χ1n) is 13.5. The van der Waals surface area contributed by atoms with E-state index in [1.54, 1.807) is 0 Å². The van der Waals surface area contributed by atoms with Crippen molar-refractivity contribution < 1.29 is 38.2 Å². The third-order valence-electron chi connectivity index (χ3n) is 6.56. The molecule has 0 aliphatic heterocycles. The smallest absolute Gasteiger partial charge is 0.346 e. The average molecular weight is 584 g/mol. The Bertz CT molecular complexity index is 1520. The normalized spacial score (nSPS) is 10.5. The van der Waals surface area contributed by atoms with Gasteiger partial charge in [-0.2, -0.15) is 0 Å². The number of esters is 2. The minimum atomic E-state index is -0.794. The second-order valence-corrected chi connectivity index (χ2v) is 9.47. The molecule has 0 heterocycles. The Morgan fingerprint density at radius 2 is 1.16 bits per heavy atom. The van der Waals surface area contributed by atoms with Crippen LogP contribution in [0.15, 0.2) is 97.1 Å². The summed E-state index contributed by atoms with van der Waals surface area (Å²) >= 11 is 0. The standard InChI is InChI=1S/C34H33NO8/c1-35(40-3)29(36)20-27-19-28(41-21-24-13-7-4-8-14-24)31(34(38)43-23-26-17-11-6-12-18-26)32(30(27)33(37)39-2)42-22-25-15-9-5-10-16-25/h4-19H,20-23H2,1-3H3. The maximum absolute atomic E-state index is 13.8. The van der Waals surface area contributed by atoms with Crippen LogP contribution in [-0.2, 0) is 45.3 Å². The number of hydrogen-bond acceptors (Lipinski definition) is 8. The van der Waals surface area contributed by atoms with Gasteiger partial charge < -0.3 is 18.9 Å². The van der Waals surface area contributed by atoms with Gasteiger partial charge in [0, 0.05) is 7.05 Å². The second-order valence-electron chi connectivity index (χ2n) is 9.47. The zero-order chi connectivity index (χ0) is 30.6. The highest BCUT2D eigenvalue weighted by molar-refractivity contribution is 6.04. The molecule has 0 radical (unpaired) electrons. The van der Waals surface area contributed by atoms with E-state index in [4.69, 9.17) is 23.8 Å². The van der Waals surface area contributed by atoms with E-state index >= 15 is 0 Å². The lowest BCUT2D eigenvalue weighted by atomic mass is 9.97. The fourth-order valence-corrected chi connectivity index (χ4v) is 4.24. The Morgan fingerprint density at radius 1 is 0.651 bits per heavy atom. The number of hydroxylamine groups is 2. The molecular formula is C34H33NO8. The number of hydrogen-bond donors (Lipinski definition) is 0. The number of ether oxygens (including phenoxy) is 4. The summed E-state index contributed by atoms with van der Waals surface area (Å²) in [6.45, 7) is 0.0838. The van der Waals surface area contributed by atoms with Crippen LogP contribution in [0.4, 0.5) is 0 Å². The van der Waals surface area contributed by atoms with Gasteiger partial charge in [-0.1, -0.05) is 91.0 Å². The molecule has 9 heteroatoms. The number of rotatable bonds is 13. The van der Waals surface area contributed by atoms with Gasteiger partial charge in [-0.05, 0) is 28.3 Å². The molecule has 0 N–H and O–H groups in total. The van der Waals surface area contributed by atoms with Crippen molar-refractivity contribution in [3.63, 3.8) is 0 Å². The Kier molecular flexibility index (Phi) is 10.9. The molecule has 0 unspecified atom stereocenters. The van der Waals surface area contributed by atoms with Gasteiger partial charge in [0.2, 0.25) is 5.91 Å². The number of likely N-dealkylation sites (N-methyl/N-ethyl adjacent to an activating group) is 1. The maximum atomic E-state index is 13.8. The molecule has 0 atom stereocenters. The Hall–Kier alpha value is -5.15. The van der Waals surface area contributed by atoms with Crippen LogP contribution < -0.4 is 9.47 Å². The third kappa shape index (κ3) is 8.21. The summed E-state index contributed by atoms with van der Waals surface area (Å²) in [7, 11) is 4.02. The SMILES string of the molecule is COC(=O)c1c(CC(=O)N(C)OC)cc(OCc2ccccc2)c(C(=O)OCc2ccccc2)c1OCc1ccccc1. The minimum absolute atomic E-state index is 0.0112. The van der Waals surface area contributed by atoms with Crippen molar-refractivity contribution in [2.24, 2.45) is 0 Å². The Labute approximate surface area is 250 Å². The van der Waals surface area contributed by atoms with Gasteiger partial charge in [0.1, 0.15) is 36.7 Å². The van der Waals surface area contributed by atoms with E-state index in [1.807, 2.05) is 91.0 Å². The number of benzene rings is 4. The summed E-state index contributed by atoms with van der Waals surface area (Å²) in [6, 6.07) is 29.3. The topological polar surface area (TPSA) is 101 Å². The molecule has 4 rings (SSSR count). The van der Waals surface area contributed by atoms with Crippen LogP contribution in [0.3, 0.4) is 0 Å². The highest BCUT2D eigenvalue weighted by Crippen LogP contribution is 2.38. The summed E-state index contributed by atoms with van der Waals surface area (Å²) in [5, 5.41) is 1.04. The third-order valence-corrected chi connectivity index (χ3v) is 6.56. The van der Waals surface area contributed by atoms with Crippen molar-refractivity contribution in [3.05, 3.63) is 130 Å². The zero-order valence-electron chi connectivity index (χ0n) is 24.3. The van der Waals surface area contributed by atoms with E-state index in [-0.39, 0.29) is 54.4 Å². The largest absolute Gasteiger partial charge is 0.488 e. The molecule has 1 amide bonds. The molecule has 9 nitrogen and oxygen atoms in total. The van der Waals surface area contributed by atoms with Gasteiger partial charge in [-0.15, -0.1) is 0 Å². The molecule has 43 heavy (non-hydrogen) atoms. The fourth-order valence-electron chi connectivity index (χ4n) is 4.24. The average Bonchev–Trinajstić information content (AvgIpc) is 3.05. The predicted octanol–water partition coefficient (Wildman–Crippen LogP) is 5.55. The molecule has 4 aromatic carbocycles. The molecule has 0 saturated heterocycles. The van der Waals surface area contributed by atoms with Gasteiger partial charge in [0.25, 0.3) is 0 Å². The van der Waals surface area contributed by atoms with Crippen molar-refractivity contribution in [2.45, 2.75) is 26.2 Å². The summed E-state index contributed by atoms with van der Waals surface area (Å²) in [6.07, 6.45) is -0.266. The first kappa shape index (κ1) is 30.8. The maximum Gasteiger partial charge on any atom is 0.346 e. The second kappa shape index (κ2) is 15.2. The lowest BCUT2D eigenvalue weighted by molar-refractivity contribution is -0.167. The number of carbonyl (C=O) groups is 3. The van der Waals surface area contributed by atoms with Crippen molar-refractivity contribution in [1.82, 2.24) is 5.06 Å². The van der Waals surface area contributed by atoms with Crippen molar-refractivity contribution >= 4 is 17.8 Å². The number of nitrogens with zero attached hydrogens (tertiary/aromatic N) is 1. The van der Waals surface area contributed by atoms with Crippen molar-refractivity contribution in [1.29, 1.82) is 0 Å². The van der Waals surface area contributed by atoms with Crippen molar-refractivity contribution in [2.75, 3.05) is 21.3 Å². The molecule has 0 spiro atoms. The van der Waals surface area contributed by atoms with Crippen molar-refractivity contribution in [3.8, 4) is 11.5 Å². The fraction of sp³-hybridized carbons (Fsp3) is 0.206. The van der Waals surface area contributed by atoms with Gasteiger partial charge in [-0.25, -0.2) is 14.7 Å². The van der Waals surface area contributed by atoms with Gasteiger partial charge >= 0.3 is 11.9 Å². The number of amides is 1. The lowest BCUT2D eigenvalue weighted by Gasteiger charge is -2.22. The Balaban J connectivity index is 1.86. The van der Waals surface area contributed by atoms with E-state index in [2.05, 4.69) is 0 Å². The molecule has 222 valence electrons. The van der Waals surface area contributed by atoms with Gasteiger partial charge in [0.15, 0.2) is 5.75 Å². The molecule has 0 aromatic heterocycles. The molecule has 0 aliphatic carbocycles. The molecular weight excluding hydrogens is 550 g/mol. The van der Waals surface area contributed by atoms with E-state index < -0.39 is 17.8 Å². The first-order valence-corrected chi connectivity index (χ1v) is 13.5. The van der Waals surface area contributed by atoms with Crippen LogP contribution in [0, 0.1) is 0 Å². The lowest BCUT2D eigenvalue weighted by Crippen LogP contribution is -2.28. The van der Waals surface area contributed by atoms with Gasteiger partial charge in [-0.3, -0.25) is 9.63 Å². The van der Waals surface area contributed by atoms with Crippen LogP contribution in [0.1, 0.15) is 43.0 Å². The van der Waals surface area contributed by atoms with E-state index in [0.717, 1.165) is 21.8 Å². The van der Waals surface area contributed by atoms with Gasteiger partial charge in [0.05, 0.1) is 20.6 Å². The monoisotopic (exact) mass is 583 g/mol. The Morgan fingerprint density at radius 3 is 1.67 bits per heavy atom. The van der Waals surface area contributed by atoms with E-state index in [9.17, 15) is 14.4 Å². The van der Waals surface area contributed by atoms with Crippen LogP contribution >= 0.6 is 0 Å². The van der Waals surface area contributed by atoms with Crippen LogP contribution in [0.5, 0.6) is 11.5 Å². The summed E-state index contributed by atoms with van der Waals surface area (Å²) in [5.74, 6) is -2.04. The summed E-state index contributed by atoms with van der Waals surface area (Å²) in [4.78, 5) is 45.1.